The topological polar surface area (TPSA) is 87.7 Å². The predicted molar refractivity (Wildman–Crippen MR) is 64.9 cm³/mol. The second-order valence-electron chi connectivity index (χ2n) is 4.29. The SMILES string of the molecule is N/C(=N/O)c1cc(F)ccc1NC(=O)C1CCC1. The van der Waals surface area contributed by atoms with Crippen LogP contribution in [-0.2, 0) is 4.79 Å². The molecule has 6 heteroatoms. The molecule has 96 valence electrons. The number of nitrogens with two attached hydrogens (primary N) is 1. The first-order valence-corrected chi connectivity index (χ1v) is 5.70. The van der Waals surface area contributed by atoms with Crippen LogP contribution in [0.4, 0.5) is 10.1 Å². The molecule has 1 aliphatic rings. The van der Waals surface area contributed by atoms with E-state index in [0.29, 0.717) is 5.69 Å². The lowest BCUT2D eigenvalue weighted by molar-refractivity contribution is -0.122. The summed E-state index contributed by atoms with van der Waals surface area (Å²) in [4.78, 5) is 11.8. The van der Waals surface area contributed by atoms with Crippen LogP contribution in [0.5, 0.6) is 0 Å². The molecule has 0 aromatic heterocycles. The molecular weight excluding hydrogens is 237 g/mol. The van der Waals surface area contributed by atoms with Gasteiger partial charge in [0.05, 0.1) is 5.69 Å². The van der Waals surface area contributed by atoms with Gasteiger partial charge in [-0.15, -0.1) is 0 Å². The summed E-state index contributed by atoms with van der Waals surface area (Å²) in [6, 6.07) is 3.73. The minimum absolute atomic E-state index is 0.00944. The summed E-state index contributed by atoms with van der Waals surface area (Å²) in [5, 5.41) is 14.1. The summed E-state index contributed by atoms with van der Waals surface area (Å²) in [6.07, 6.45) is 2.78. The lowest BCUT2D eigenvalue weighted by atomic mass is 9.85. The van der Waals surface area contributed by atoms with E-state index in [1.807, 2.05) is 0 Å². The van der Waals surface area contributed by atoms with Crippen LogP contribution >= 0.6 is 0 Å². The van der Waals surface area contributed by atoms with Crippen LogP contribution in [0.1, 0.15) is 24.8 Å². The molecule has 18 heavy (non-hydrogen) atoms. The van der Waals surface area contributed by atoms with Crippen molar-refractivity contribution in [3.05, 3.63) is 29.6 Å². The number of nitrogens with one attached hydrogen (secondary N) is 1. The van der Waals surface area contributed by atoms with Gasteiger partial charge >= 0.3 is 0 Å². The first-order chi connectivity index (χ1) is 8.61. The van der Waals surface area contributed by atoms with Crippen molar-refractivity contribution in [1.82, 2.24) is 0 Å². The molecule has 0 radical (unpaired) electrons. The number of amides is 1. The van der Waals surface area contributed by atoms with E-state index < -0.39 is 5.82 Å². The zero-order chi connectivity index (χ0) is 13.1. The van der Waals surface area contributed by atoms with E-state index in [-0.39, 0.29) is 23.2 Å². The molecule has 0 aliphatic heterocycles. The highest BCUT2D eigenvalue weighted by atomic mass is 19.1. The Morgan fingerprint density at radius 1 is 1.50 bits per heavy atom. The molecule has 0 saturated heterocycles. The molecule has 1 amide bonds. The molecule has 0 heterocycles. The monoisotopic (exact) mass is 251 g/mol. The van der Waals surface area contributed by atoms with Crippen LogP contribution in [0.25, 0.3) is 0 Å². The Kier molecular flexibility index (Phi) is 3.45. The van der Waals surface area contributed by atoms with E-state index in [1.165, 1.54) is 12.1 Å². The third kappa shape index (κ3) is 2.42. The van der Waals surface area contributed by atoms with Crippen molar-refractivity contribution in [2.24, 2.45) is 16.8 Å². The lowest BCUT2D eigenvalue weighted by Crippen LogP contribution is -2.29. The molecule has 2 rings (SSSR count). The molecule has 0 atom stereocenters. The zero-order valence-corrected chi connectivity index (χ0v) is 9.69. The van der Waals surface area contributed by atoms with Crippen LogP contribution < -0.4 is 11.1 Å². The maximum Gasteiger partial charge on any atom is 0.227 e. The smallest absolute Gasteiger partial charge is 0.227 e. The Balaban J connectivity index is 2.23. The van der Waals surface area contributed by atoms with E-state index in [0.717, 1.165) is 25.3 Å². The van der Waals surface area contributed by atoms with E-state index >= 15 is 0 Å². The van der Waals surface area contributed by atoms with Crippen molar-refractivity contribution in [2.45, 2.75) is 19.3 Å². The van der Waals surface area contributed by atoms with Crippen LogP contribution in [-0.4, -0.2) is 17.0 Å². The molecule has 1 aromatic rings. The maximum absolute atomic E-state index is 13.1. The van der Waals surface area contributed by atoms with Gasteiger partial charge in [-0.3, -0.25) is 4.79 Å². The molecule has 1 aromatic carbocycles. The van der Waals surface area contributed by atoms with Crippen molar-refractivity contribution >= 4 is 17.4 Å². The molecule has 0 unspecified atom stereocenters. The fraction of sp³-hybridized carbons (Fsp3) is 0.333. The number of anilines is 1. The summed E-state index contributed by atoms with van der Waals surface area (Å²) in [5.41, 5.74) is 5.97. The summed E-state index contributed by atoms with van der Waals surface area (Å²) in [7, 11) is 0. The number of hydrogen-bond acceptors (Lipinski definition) is 3. The Morgan fingerprint density at radius 2 is 2.22 bits per heavy atom. The van der Waals surface area contributed by atoms with Gasteiger partial charge in [0.15, 0.2) is 5.84 Å². The van der Waals surface area contributed by atoms with Crippen LogP contribution in [0, 0.1) is 11.7 Å². The largest absolute Gasteiger partial charge is 0.409 e. The predicted octanol–water partition coefficient (Wildman–Crippen LogP) is 1.66. The number of carbonyl (C=O) groups is 1. The molecule has 0 bridgehead atoms. The number of rotatable bonds is 3. The minimum Gasteiger partial charge on any atom is -0.409 e. The molecule has 4 N–H and O–H groups in total. The highest BCUT2D eigenvalue weighted by Crippen LogP contribution is 2.28. The number of halogens is 1. The Morgan fingerprint density at radius 3 is 2.78 bits per heavy atom. The third-order valence-electron chi connectivity index (χ3n) is 3.10. The quantitative estimate of drug-likeness (QED) is 0.330. The second-order valence-corrected chi connectivity index (χ2v) is 4.29. The zero-order valence-electron chi connectivity index (χ0n) is 9.69. The molecule has 1 saturated carbocycles. The lowest BCUT2D eigenvalue weighted by Gasteiger charge is -2.24. The fourth-order valence-corrected chi connectivity index (χ4v) is 1.80. The molecule has 5 nitrogen and oxygen atoms in total. The fourth-order valence-electron chi connectivity index (χ4n) is 1.80. The van der Waals surface area contributed by atoms with Gasteiger partial charge in [0.1, 0.15) is 5.82 Å². The number of amidine groups is 1. The van der Waals surface area contributed by atoms with Crippen LogP contribution in [0.15, 0.2) is 23.4 Å². The second kappa shape index (κ2) is 5.03. The van der Waals surface area contributed by atoms with Crippen molar-refractivity contribution < 1.29 is 14.4 Å². The van der Waals surface area contributed by atoms with E-state index in [4.69, 9.17) is 10.9 Å². The van der Waals surface area contributed by atoms with Gasteiger partial charge in [-0.2, -0.15) is 0 Å². The number of oxime groups is 1. The summed E-state index contributed by atoms with van der Waals surface area (Å²) >= 11 is 0. The van der Waals surface area contributed by atoms with Gasteiger partial charge in [-0.1, -0.05) is 11.6 Å². The summed E-state index contributed by atoms with van der Waals surface area (Å²) in [5.74, 6) is -0.855. The number of hydrogen-bond donors (Lipinski definition) is 3. The average Bonchev–Trinajstić information content (AvgIpc) is 2.28. The maximum atomic E-state index is 13.1. The first kappa shape index (κ1) is 12.3. The Hall–Kier alpha value is -2.11. The van der Waals surface area contributed by atoms with Gasteiger partial charge in [0.2, 0.25) is 5.91 Å². The Labute approximate surface area is 103 Å². The van der Waals surface area contributed by atoms with Gasteiger partial charge < -0.3 is 16.3 Å². The van der Waals surface area contributed by atoms with Crippen molar-refractivity contribution in [3.63, 3.8) is 0 Å². The first-order valence-electron chi connectivity index (χ1n) is 5.70. The van der Waals surface area contributed by atoms with Gasteiger partial charge in [0, 0.05) is 11.5 Å². The standard InChI is InChI=1S/C12H14FN3O2/c13-8-4-5-10(9(6-8)11(14)16-18)15-12(17)7-2-1-3-7/h4-7,18H,1-3H2,(H2,14,16)(H,15,17). The van der Waals surface area contributed by atoms with Gasteiger partial charge in [-0.05, 0) is 31.0 Å². The summed E-state index contributed by atoms with van der Waals surface area (Å²) < 4.78 is 13.1. The average molecular weight is 251 g/mol. The molecular formula is C12H14FN3O2. The number of carbonyl (C=O) groups excluding carboxylic acids is 1. The van der Waals surface area contributed by atoms with E-state index in [2.05, 4.69) is 10.5 Å². The number of benzene rings is 1. The van der Waals surface area contributed by atoms with Gasteiger partial charge in [0.25, 0.3) is 0 Å². The summed E-state index contributed by atoms with van der Waals surface area (Å²) in [6.45, 7) is 0. The highest BCUT2D eigenvalue weighted by molar-refractivity contribution is 6.05. The number of nitrogens with zero attached hydrogens (tertiary/aromatic N) is 1. The van der Waals surface area contributed by atoms with Crippen molar-refractivity contribution in [3.8, 4) is 0 Å². The van der Waals surface area contributed by atoms with Crippen molar-refractivity contribution in [2.75, 3.05) is 5.32 Å². The normalized spacial score (nSPS) is 16.2. The molecule has 1 fully saturated rings. The van der Waals surface area contributed by atoms with E-state index in [9.17, 15) is 9.18 Å². The molecule has 1 aliphatic carbocycles. The van der Waals surface area contributed by atoms with Gasteiger partial charge in [-0.25, -0.2) is 4.39 Å². The van der Waals surface area contributed by atoms with Crippen LogP contribution in [0.3, 0.4) is 0 Å². The molecule has 0 spiro atoms. The Bertz CT molecular complexity index is 498. The minimum atomic E-state index is -0.516. The third-order valence-corrected chi connectivity index (χ3v) is 3.10. The van der Waals surface area contributed by atoms with Crippen molar-refractivity contribution in [1.29, 1.82) is 0 Å². The van der Waals surface area contributed by atoms with Crippen LogP contribution in [0.2, 0.25) is 0 Å². The van der Waals surface area contributed by atoms with E-state index in [1.54, 1.807) is 0 Å². The highest BCUT2D eigenvalue weighted by Gasteiger charge is 2.25.